The fraction of sp³-hybridized carbons (Fsp3) is 0.818. The van der Waals surface area contributed by atoms with Crippen LogP contribution in [0.2, 0.25) is 0 Å². The minimum atomic E-state index is -4.29. The second kappa shape index (κ2) is 6.33. The van der Waals surface area contributed by atoms with Crippen LogP contribution in [0, 0.1) is 0 Å². The van der Waals surface area contributed by atoms with Crippen molar-refractivity contribution in [3.8, 4) is 0 Å². The third kappa shape index (κ3) is 6.02. The summed E-state index contributed by atoms with van der Waals surface area (Å²) in [4.78, 5) is 4.08. The number of nitrogens with one attached hydrogen (secondary N) is 1. The van der Waals surface area contributed by atoms with E-state index in [0.29, 0.717) is 24.2 Å². The quantitative estimate of drug-likeness (QED) is 0.730. The Labute approximate surface area is 108 Å². The second-order valence-electron chi connectivity index (χ2n) is 4.50. The summed E-state index contributed by atoms with van der Waals surface area (Å²) in [6.07, 6.45) is -1.02. The number of hydrogen-bond acceptors (Lipinski definition) is 5. The fourth-order valence-corrected chi connectivity index (χ4v) is 1.52. The van der Waals surface area contributed by atoms with Crippen molar-refractivity contribution in [1.82, 2.24) is 15.5 Å². The first-order valence-corrected chi connectivity index (χ1v) is 6.22. The fourth-order valence-electron chi connectivity index (χ4n) is 1.52. The van der Waals surface area contributed by atoms with Gasteiger partial charge in [-0.25, -0.2) is 0 Å². The maximum Gasteiger partial charge on any atom is 0.411 e. The highest BCUT2D eigenvalue weighted by Crippen LogP contribution is 2.18. The van der Waals surface area contributed by atoms with E-state index in [1.54, 1.807) is 0 Å². The van der Waals surface area contributed by atoms with Crippen LogP contribution in [-0.4, -0.2) is 42.1 Å². The molecule has 1 aliphatic rings. The lowest BCUT2D eigenvalue weighted by Gasteiger charge is -2.05. The van der Waals surface area contributed by atoms with Crippen molar-refractivity contribution in [2.45, 2.75) is 37.9 Å². The van der Waals surface area contributed by atoms with Crippen LogP contribution in [0.4, 0.5) is 13.2 Å². The molecule has 19 heavy (non-hydrogen) atoms. The lowest BCUT2D eigenvalue weighted by Crippen LogP contribution is -2.19. The molecule has 108 valence electrons. The van der Waals surface area contributed by atoms with Crippen molar-refractivity contribution < 1.29 is 22.4 Å². The summed E-state index contributed by atoms with van der Waals surface area (Å²) in [6, 6.07) is 0.623. The van der Waals surface area contributed by atoms with Crippen molar-refractivity contribution in [3.05, 3.63) is 11.7 Å². The molecule has 1 aromatic heterocycles. The predicted molar refractivity (Wildman–Crippen MR) is 59.6 cm³/mol. The summed E-state index contributed by atoms with van der Waals surface area (Å²) in [5.74, 6) is 0.877. The van der Waals surface area contributed by atoms with Crippen LogP contribution in [0.15, 0.2) is 4.52 Å². The Morgan fingerprint density at radius 2 is 2.11 bits per heavy atom. The average molecular weight is 279 g/mol. The van der Waals surface area contributed by atoms with E-state index in [1.807, 2.05) is 0 Å². The lowest BCUT2D eigenvalue weighted by molar-refractivity contribution is -0.173. The number of alkyl halides is 3. The van der Waals surface area contributed by atoms with Crippen molar-refractivity contribution in [1.29, 1.82) is 0 Å². The van der Waals surface area contributed by atoms with Crippen LogP contribution in [0.25, 0.3) is 0 Å². The van der Waals surface area contributed by atoms with Gasteiger partial charge in [0.15, 0.2) is 5.82 Å². The van der Waals surface area contributed by atoms with Gasteiger partial charge in [0.2, 0.25) is 5.89 Å². The topological polar surface area (TPSA) is 60.2 Å². The Balaban J connectivity index is 1.59. The van der Waals surface area contributed by atoms with Crippen LogP contribution >= 0.6 is 0 Å². The van der Waals surface area contributed by atoms with Gasteiger partial charge in [0.05, 0.1) is 6.61 Å². The van der Waals surface area contributed by atoms with Gasteiger partial charge in [-0.2, -0.15) is 18.2 Å². The molecule has 1 aromatic rings. The van der Waals surface area contributed by atoms with Gasteiger partial charge in [-0.3, -0.25) is 0 Å². The van der Waals surface area contributed by atoms with E-state index < -0.39 is 12.8 Å². The molecule has 0 unspecified atom stereocenters. The molecule has 5 nitrogen and oxygen atoms in total. The number of nitrogens with zero attached hydrogens (tertiary/aromatic N) is 2. The first kappa shape index (κ1) is 14.3. The molecule has 1 aliphatic carbocycles. The molecule has 0 amide bonds. The van der Waals surface area contributed by atoms with Gasteiger partial charge in [0, 0.05) is 25.4 Å². The molecule has 0 aliphatic heterocycles. The van der Waals surface area contributed by atoms with Gasteiger partial charge in [0.1, 0.15) is 6.61 Å². The average Bonchev–Trinajstić information content (AvgIpc) is 3.03. The van der Waals surface area contributed by atoms with E-state index in [0.717, 1.165) is 6.54 Å². The van der Waals surface area contributed by atoms with Crippen LogP contribution < -0.4 is 5.32 Å². The molecule has 1 N–H and O–H groups in total. The zero-order valence-electron chi connectivity index (χ0n) is 10.4. The maximum atomic E-state index is 11.8. The van der Waals surface area contributed by atoms with Crippen molar-refractivity contribution in [2.24, 2.45) is 0 Å². The summed E-state index contributed by atoms with van der Waals surface area (Å²) in [5, 5.41) is 6.99. The van der Waals surface area contributed by atoms with E-state index in [1.165, 1.54) is 12.8 Å². The van der Waals surface area contributed by atoms with Gasteiger partial charge in [-0.1, -0.05) is 5.16 Å². The Morgan fingerprint density at radius 3 is 2.79 bits per heavy atom. The van der Waals surface area contributed by atoms with E-state index in [-0.39, 0.29) is 13.0 Å². The molecule has 1 fully saturated rings. The molecule has 8 heteroatoms. The molecule has 1 heterocycles. The molecule has 0 bridgehead atoms. The Kier molecular flexibility index (Phi) is 4.76. The van der Waals surface area contributed by atoms with Crippen molar-refractivity contribution >= 4 is 0 Å². The summed E-state index contributed by atoms with van der Waals surface area (Å²) in [5.41, 5.74) is 0. The number of aromatic nitrogens is 2. The molecule has 0 atom stereocenters. The first-order chi connectivity index (χ1) is 9.03. The summed E-state index contributed by atoms with van der Waals surface area (Å²) >= 11 is 0. The Hall–Kier alpha value is -1.15. The van der Waals surface area contributed by atoms with Gasteiger partial charge in [-0.15, -0.1) is 0 Å². The SMILES string of the molecule is FC(F)(F)COCCc1noc(CCNC2CC2)n1. The number of hydrogen-bond donors (Lipinski definition) is 1. The minimum Gasteiger partial charge on any atom is -0.372 e. The highest BCUT2D eigenvalue weighted by atomic mass is 19.4. The second-order valence-corrected chi connectivity index (χ2v) is 4.50. The maximum absolute atomic E-state index is 11.8. The Bertz CT molecular complexity index is 391. The highest BCUT2D eigenvalue weighted by Gasteiger charge is 2.27. The smallest absolute Gasteiger partial charge is 0.372 e. The third-order valence-corrected chi connectivity index (χ3v) is 2.60. The van der Waals surface area contributed by atoms with Gasteiger partial charge in [0.25, 0.3) is 0 Å². The van der Waals surface area contributed by atoms with Crippen LogP contribution in [0.3, 0.4) is 0 Å². The number of ether oxygens (including phenoxy) is 1. The zero-order chi connectivity index (χ0) is 13.7. The van der Waals surface area contributed by atoms with E-state index in [2.05, 4.69) is 20.2 Å². The summed E-state index contributed by atoms with van der Waals surface area (Å²) in [6.45, 7) is -0.543. The van der Waals surface area contributed by atoms with E-state index >= 15 is 0 Å². The lowest BCUT2D eigenvalue weighted by atomic mass is 10.4. The normalized spacial score (nSPS) is 15.9. The standard InChI is InChI=1S/C11H16F3N3O2/c12-11(13,14)7-18-6-4-9-16-10(19-17-9)3-5-15-8-1-2-8/h8,15H,1-7H2. The highest BCUT2D eigenvalue weighted by molar-refractivity contribution is 4.88. The largest absolute Gasteiger partial charge is 0.411 e. The summed E-state index contributed by atoms with van der Waals surface area (Å²) in [7, 11) is 0. The molecular formula is C11H16F3N3O2. The van der Waals surface area contributed by atoms with E-state index in [4.69, 9.17) is 4.52 Å². The summed E-state index contributed by atoms with van der Waals surface area (Å²) < 4.78 is 44.9. The monoisotopic (exact) mass is 279 g/mol. The molecule has 1 saturated carbocycles. The first-order valence-electron chi connectivity index (χ1n) is 6.22. The van der Waals surface area contributed by atoms with Crippen LogP contribution in [0.5, 0.6) is 0 Å². The van der Waals surface area contributed by atoms with Crippen LogP contribution in [-0.2, 0) is 17.6 Å². The predicted octanol–water partition coefficient (Wildman–Crippen LogP) is 1.49. The zero-order valence-corrected chi connectivity index (χ0v) is 10.4. The molecule has 0 radical (unpaired) electrons. The molecule has 0 saturated heterocycles. The molecule has 0 spiro atoms. The van der Waals surface area contributed by atoms with Crippen molar-refractivity contribution in [2.75, 3.05) is 19.8 Å². The van der Waals surface area contributed by atoms with Gasteiger partial charge in [-0.05, 0) is 12.8 Å². The van der Waals surface area contributed by atoms with E-state index in [9.17, 15) is 13.2 Å². The molecule has 2 rings (SSSR count). The number of halogens is 3. The van der Waals surface area contributed by atoms with Crippen LogP contribution in [0.1, 0.15) is 24.6 Å². The molecular weight excluding hydrogens is 263 g/mol. The minimum absolute atomic E-state index is 0.0706. The van der Waals surface area contributed by atoms with Gasteiger partial charge < -0.3 is 14.6 Å². The Morgan fingerprint density at radius 1 is 1.32 bits per heavy atom. The van der Waals surface area contributed by atoms with Gasteiger partial charge >= 0.3 is 6.18 Å². The number of rotatable bonds is 8. The van der Waals surface area contributed by atoms with Crippen molar-refractivity contribution in [3.63, 3.8) is 0 Å². The third-order valence-electron chi connectivity index (χ3n) is 2.60. The molecule has 0 aromatic carbocycles.